The van der Waals surface area contributed by atoms with E-state index >= 15 is 0 Å². The molecule has 2 unspecified atom stereocenters. The molecule has 2 fully saturated rings. The maximum atomic E-state index is 11.4. The molecule has 2 aliphatic rings. The number of hydrogen-bond acceptors (Lipinski definition) is 16. The van der Waals surface area contributed by atoms with Gasteiger partial charge in [-0.15, -0.1) is 35.9 Å². The lowest BCUT2D eigenvalue weighted by Crippen LogP contribution is -2.31. The van der Waals surface area contributed by atoms with Crippen LogP contribution in [0.4, 0.5) is 11.6 Å². The first-order chi connectivity index (χ1) is 25.9. The number of aliphatic hydroxyl groups is 3. The number of anilines is 2. The summed E-state index contributed by atoms with van der Waals surface area (Å²) >= 11 is 2.93. The number of nitrogens with one attached hydrogen (secondary N) is 1. The minimum absolute atomic E-state index is 0. The molecule has 2 aliphatic heterocycles. The van der Waals surface area contributed by atoms with E-state index in [0.717, 1.165) is 12.8 Å². The highest BCUT2D eigenvalue weighted by Crippen LogP contribution is 2.31. The third-order valence-electron chi connectivity index (χ3n) is 8.13. The number of aliphatic hydroxyl groups excluding tert-OH is 3. The molecule has 2 aromatic heterocycles. The molecule has 4 aromatic rings. The van der Waals surface area contributed by atoms with Crippen LogP contribution < -0.4 is 33.9 Å². The van der Waals surface area contributed by atoms with E-state index in [2.05, 4.69) is 34.3 Å². The molecule has 0 radical (unpaired) electrons. The minimum Gasteiger partial charge on any atom is -0.507 e. The van der Waals surface area contributed by atoms with Gasteiger partial charge < -0.3 is 52.4 Å². The van der Waals surface area contributed by atoms with Crippen LogP contribution in [0.3, 0.4) is 0 Å². The molecule has 17 nitrogen and oxygen atoms in total. The molecule has 20 heteroatoms. The Balaban J connectivity index is 0.000000229. The van der Waals surface area contributed by atoms with Crippen LogP contribution in [0.1, 0.15) is 53.4 Å². The van der Waals surface area contributed by atoms with E-state index in [1.807, 2.05) is 18.2 Å². The van der Waals surface area contributed by atoms with Gasteiger partial charge in [-0.3, -0.25) is 13.9 Å². The maximum Gasteiger partial charge on any atom is 0.351 e. The van der Waals surface area contributed by atoms with Crippen LogP contribution in [0.25, 0.3) is 0 Å². The van der Waals surface area contributed by atoms with Crippen LogP contribution in [-0.2, 0) is 15.9 Å². The smallest absolute Gasteiger partial charge is 0.351 e. The number of amides is 1. The van der Waals surface area contributed by atoms with E-state index < -0.39 is 23.4 Å². The van der Waals surface area contributed by atoms with Gasteiger partial charge in [-0.2, -0.15) is 9.97 Å². The number of nitrogens with two attached hydrogens (primary N) is 3. The standard InChI is InChI=1S/C19H24N2O3.2C8H11N3O3S.ClH/c1-13(7-8-14-5-3-2-4-6-14)21-12-18(23)15-9-10-17(22)16(11-15)19(20)24;2*9-5-1-2-11(8(13)10-5)6-4-15-7(3-12)14-6;/h2-6,9-11,13,18,21-23H,7-8,12H2,1H3,(H2,20,24);2*1-2,6-7,12H,3-4H2,(H2,9,10,13);1H/t;2*6-,7+;/m.11./s1. The molecule has 6 rings (SSSR count). The zero-order chi connectivity index (χ0) is 39.2. The van der Waals surface area contributed by atoms with E-state index in [1.54, 1.807) is 30.6 Å². The Labute approximate surface area is 331 Å². The van der Waals surface area contributed by atoms with Gasteiger partial charge in [0.2, 0.25) is 0 Å². The normalized spacial score (nSPS) is 19.9. The molecule has 2 aromatic carbocycles. The Hall–Kier alpha value is -4.18. The molecular weight excluding hydrogens is 776 g/mol. The van der Waals surface area contributed by atoms with Crippen molar-refractivity contribution < 1.29 is 34.7 Å². The molecule has 0 spiro atoms. The minimum atomic E-state index is -0.775. The van der Waals surface area contributed by atoms with Crippen molar-refractivity contribution in [3.8, 4) is 5.75 Å². The van der Waals surface area contributed by atoms with Crippen molar-refractivity contribution in [3.05, 3.63) is 111 Å². The molecule has 2 saturated heterocycles. The summed E-state index contributed by atoms with van der Waals surface area (Å²) in [5.41, 5.74) is 16.4. The molecule has 11 N–H and O–H groups in total. The van der Waals surface area contributed by atoms with Crippen molar-refractivity contribution in [2.75, 3.05) is 42.7 Å². The Kier molecular flexibility index (Phi) is 18.4. The molecule has 6 atom stereocenters. The number of halogens is 1. The van der Waals surface area contributed by atoms with Gasteiger partial charge in [0.05, 0.1) is 24.9 Å². The lowest BCUT2D eigenvalue weighted by Gasteiger charge is -2.18. The second-order valence-corrected chi connectivity index (χ2v) is 14.5. The van der Waals surface area contributed by atoms with Gasteiger partial charge in [0.25, 0.3) is 5.91 Å². The predicted molar refractivity (Wildman–Crippen MR) is 214 cm³/mol. The highest BCUT2D eigenvalue weighted by molar-refractivity contribution is 8.00. The average molecular weight is 823 g/mol. The summed E-state index contributed by atoms with van der Waals surface area (Å²) in [7, 11) is 0. The Morgan fingerprint density at radius 2 is 1.44 bits per heavy atom. The van der Waals surface area contributed by atoms with Crippen LogP contribution in [0.15, 0.2) is 82.6 Å². The van der Waals surface area contributed by atoms with Crippen LogP contribution in [0.2, 0.25) is 0 Å². The van der Waals surface area contributed by atoms with Gasteiger partial charge in [0.15, 0.2) is 0 Å². The number of primary amides is 1. The van der Waals surface area contributed by atoms with E-state index in [9.17, 15) is 24.6 Å². The Morgan fingerprint density at radius 3 is 1.89 bits per heavy atom. The number of carbonyl (C=O) groups excluding carboxylic acids is 1. The van der Waals surface area contributed by atoms with Gasteiger partial charge in [0.1, 0.15) is 40.7 Å². The number of aromatic nitrogens is 4. The van der Waals surface area contributed by atoms with Crippen LogP contribution in [0.5, 0.6) is 5.75 Å². The first-order valence-electron chi connectivity index (χ1n) is 16.9. The number of nitrogens with zero attached hydrogens (tertiary/aromatic N) is 4. The highest BCUT2D eigenvalue weighted by atomic mass is 35.5. The number of rotatable bonds is 12. The van der Waals surface area contributed by atoms with Crippen molar-refractivity contribution in [3.63, 3.8) is 0 Å². The number of carbonyl (C=O) groups is 1. The number of nitrogen functional groups attached to an aromatic ring is 2. The van der Waals surface area contributed by atoms with Gasteiger partial charge in [0, 0.05) is 36.5 Å². The fraction of sp³-hybridized carbons (Fsp3) is 0.400. The quantitative estimate of drug-likeness (QED) is 0.100. The van der Waals surface area contributed by atoms with E-state index in [0.29, 0.717) is 23.6 Å². The molecule has 55 heavy (non-hydrogen) atoms. The number of hydrogen-bond donors (Lipinski definition) is 8. The number of aryl methyl sites for hydroxylation is 1. The lowest BCUT2D eigenvalue weighted by molar-refractivity contribution is -0.00634. The van der Waals surface area contributed by atoms with Crippen molar-refractivity contribution in [2.45, 2.75) is 55.2 Å². The summed E-state index contributed by atoms with van der Waals surface area (Å²) in [6.07, 6.45) is 3.52. The Bertz CT molecular complexity index is 1850. The third-order valence-corrected chi connectivity index (χ3v) is 10.3. The van der Waals surface area contributed by atoms with Crippen molar-refractivity contribution in [1.29, 1.82) is 0 Å². The monoisotopic (exact) mass is 822 g/mol. The zero-order valence-electron chi connectivity index (χ0n) is 29.9. The van der Waals surface area contributed by atoms with Gasteiger partial charge in [-0.05, 0) is 55.2 Å². The first-order valence-corrected chi connectivity index (χ1v) is 19.0. The number of phenols is 1. The molecular formula is C35H47ClN8O9S2. The summed E-state index contributed by atoms with van der Waals surface area (Å²) in [5.74, 6) is 0.739. The van der Waals surface area contributed by atoms with Crippen molar-refractivity contribution in [1.82, 2.24) is 24.4 Å². The number of benzene rings is 2. The van der Waals surface area contributed by atoms with Gasteiger partial charge in [-0.1, -0.05) is 36.4 Å². The fourth-order valence-corrected chi connectivity index (χ4v) is 7.04. The van der Waals surface area contributed by atoms with Crippen LogP contribution >= 0.6 is 35.9 Å². The summed E-state index contributed by atoms with van der Waals surface area (Å²) < 4.78 is 13.6. The number of thioether (sulfide) groups is 2. The number of ether oxygens (including phenoxy) is 2. The molecule has 0 saturated carbocycles. The van der Waals surface area contributed by atoms with Gasteiger partial charge in [-0.25, -0.2) is 9.59 Å². The molecule has 300 valence electrons. The summed E-state index contributed by atoms with van der Waals surface area (Å²) in [4.78, 5) is 41.3. The van der Waals surface area contributed by atoms with E-state index in [1.165, 1.54) is 50.4 Å². The molecule has 4 heterocycles. The van der Waals surface area contributed by atoms with Crippen LogP contribution in [-0.4, -0.2) is 93.6 Å². The van der Waals surface area contributed by atoms with Crippen LogP contribution in [0, 0.1) is 0 Å². The first kappa shape index (κ1) is 45.2. The van der Waals surface area contributed by atoms with E-state index in [4.69, 9.17) is 36.9 Å². The summed E-state index contributed by atoms with van der Waals surface area (Å²) in [6.45, 7) is 2.32. The summed E-state index contributed by atoms with van der Waals surface area (Å²) in [6, 6.07) is 18.0. The third kappa shape index (κ3) is 13.8. The second-order valence-electron chi connectivity index (χ2n) is 12.1. The maximum absolute atomic E-state index is 11.4. The van der Waals surface area contributed by atoms with Crippen molar-refractivity contribution in [2.24, 2.45) is 5.73 Å². The average Bonchev–Trinajstić information content (AvgIpc) is 3.84. The SMILES string of the molecule is CC(CCc1ccccc1)NCC(O)c1ccc(O)c(C(N)=O)c1.Cl.Nc1ccn([C@H]2CS[C@@H](CO)O2)c(=O)n1.Nc1ccn([C@H]2CS[C@@H](CO)O2)c(=O)n1. The number of aromatic hydroxyl groups is 1. The topological polar surface area (TPSA) is 276 Å². The Morgan fingerprint density at radius 1 is 0.909 bits per heavy atom. The van der Waals surface area contributed by atoms with Gasteiger partial charge >= 0.3 is 11.4 Å². The van der Waals surface area contributed by atoms with Crippen molar-refractivity contribution >= 4 is 53.5 Å². The fourth-order valence-electron chi connectivity index (χ4n) is 5.18. The molecule has 0 bridgehead atoms. The summed E-state index contributed by atoms with van der Waals surface area (Å²) in [5, 5.41) is 40.9. The predicted octanol–water partition coefficient (Wildman–Crippen LogP) is 1.37. The lowest BCUT2D eigenvalue weighted by atomic mass is 10.0. The second kappa shape index (κ2) is 22.4. The highest BCUT2D eigenvalue weighted by Gasteiger charge is 2.28. The zero-order valence-corrected chi connectivity index (χ0v) is 32.4. The van der Waals surface area contributed by atoms with E-state index in [-0.39, 0.29) is 77.9 Å². The molecule has 0 aliphatic carbocycles. The molecule has 1 amide bonds. The largest absolute Gasteiger partial charge is 0.507 e.